The van der Waals surface area contributed by atoms with E-state index in [9.17, 15) is 4.79 Å². The van der Waals surface area contributed by atoms with Gasteiger partial charge in [0.25, 0.3) is 0 Å². The average Bonchev–Trinajstić information content (AvgIpc) is 1.83. The van der Waals surface area contributed by atoms with Gasteiger partial charge in [-0.3, -0.25) is 4.79 Å². The Morgan fingerprint density at radius 1 is 1.73 bits per heavy atom. The van der Waals surface area contributed by atoms with Crippen LogP contribution in [0.15, 0.2) is 0 Å². The van der Waals surface area contributed by atoms with Gasteiger partial charge < -0.3 is 10.0 Å². The highest BCUT2D eigenvalue weighted by Gasteiger charge is 2.31. The number of nitrogens with zero attached hydrogens (tertiary/aromatic N) is 1. The molecule has 1 fully saturated rings. The number of carbonyl (C=O) groups excluding carboxylic acids is 1. The molecule has 11 heavy (non-hydrogen) atoms. The summed E-state index contributed by atoms with van der Waals surface area (Å²) in [5.74, 6) is 1.00. The smallest absolute Gasteiger partial charge is 0.219 e. The van der Waals surface area contributed by atoms with E-state index in [2.05, 4.69) is 0 Å². The first-order chi connectivity index (χ1) is 5.15. The maximum absolute atomic E-state index is 10.7. The molecule has 1 amide bonds. The van der Waals surface area contributed by atoms with Crippen LogP contribution in [0.25, 0.3) is 0 Å². The number of amides is 1. The summed E-state index contributed by atoms with van der Waals surface area (Å²) in [4.78, 5) is 12.5. The zero-order valence-corrected chi connectivity index (χ0v) is 7.08. The van der Waals surface area contributed by atoms with E-state index in [1.54, 1.807) is 11.8 Å². The Kier molecular flexibility index (Phi) is 2.49. The van der Waals surface area contributed by atoms with Crippen LogP contribution in [-0.4, -0.2) is 35.6 Å². The van der Waals surface area contributed by atoms with Gasteiger partial charge in [0.2, 0.25) is 5.91 Å². The standard InChI is InChI=1S/C8H15NO2/c1-6(5-10)8-3-9(4-8)7(2)11/h6,8,10H,3-5H2,1-2H3. The number of rotatable bonds is 2. The summed E-state index contributed by atoms with van der Waals surface area (Å²) >= 11 is 0. The van der Waals surface area contributed by atoms with Crippen molar-refractivity contribution >= 4 is 5.91 Å². The predicted molar refractivity (Wildman–Crippen MR) is 42.0 cm³/mol. The normalized spacial score (nSPS) is 21.2. The van der Waals surface area contributed by atoms with Gasteiger partial charge in [-0.05, 0) is 11.8 Å². The molecule has 1 aliphatic rings. The maximum Gasteiger partial charge on any atom is 0.219 e. The van der Waals surface area contributed by atoms with Gasteiger partial charge in [-0.2, -0.15) is 0 Å². The van der Waals surface area contributed by atoms with Crippen molar-refractivity contribution in [2.45, 2.75) is 13.8 Å². The van der Waals surface area contributed by atoms with Crippen molar-refractivity contribution in [3.05, 3.63) is 0 Å². The maximum atomic E-state index is 10.7. The van der Waals surface area contributed by atoms with Gasteiger partial charge in [-0.25, -0.2) is 0 Å². The molecule has 3 heteroatoms. The van der Waals surface area contributed by atoms with Gasteiger partial charge >= 0.3 is 0 Å². The molecule has 0 saturated carbocycles. The van der Waals surface area contributed by atoms with Gasteiger partial charge in [0, 0.05) is 26.6 Å². The molecule has 1 N–H and O–H groups in total. The molecule has 0 aromatic heterocycles. The van der Waals surface area contributed by atoms with Crippen LogP contribution in [0.1, 0.15) is 13.8 Å². The Bertz CT molecular complexity index is 152. The average molecular weight is 157 g/mol. The lowest BCUT2D eigenvalue weighted by Crippen LogP contribution is -2.52. The third kappa shape index (κ3) is 1.71. The van der Waals surface area contributed by atoms with Gasteiger partial charge in [-0.1, -0.05) is 6.92 Å². The molecule has 1 aliphatic heterocycles. The van der Waals surface area contributed by atoms with E-state index in [0.29, 0.717) is 11.8 Å². The topological polar surface area (TPSA) is 40.5 Å². The summed E-state index contributed by atoms with van der Waals surface area (Å²) in [6.07, 6.45) is 0. The molecule has 1 saturated heterocycles. The molecular weight excluding hydrogens is 142 g/mol. The number of carbonyl (C=O) groups is 1. The summed E-state index contributed by atoms with van der Waals surface area (Å²) in [5.41, 5.74) is 0. The summed E-state index contributed by atoms with van der Waals surface area (Å²) in [6.45, 7) is 5.49. The minimum Gasteiger partial charge on any atom is -0.396 e. The second-order valence-corrected chi connectivity index (χ2v) is 3.34. The van der Waals surface area contributed by atoms with Crippen molar-refractivity contribution in [2.24, 2.45) is 11.8 Å². The Labute approximate surface area is 67.0 Å². The number of hydrogen-bond acceptors (Lipinski definition) is 2. The Morgan fingerprint density at radius 2 is 2.27 bits per heavy atom. The molecule has 0 aliphatic carbocycles. The van der Waals surface area contributed by atoms with Crippen LogP contribution in [0.3, 0.4) is 0 Å². The number of hydrogen-bond donors (Lipinski definition) is 1. The van der Waals surface area contributed by atoms with Gasteiger partial charge in [-0.15, -0.1) is 0 Å². The zero-order chi connectivity index (χ0) is 8.43. The third-order valence-electron chi connectivity index (χ3n) is 2.45. The third-order valence-corrected chi connectivity index (χ3v) is 2.45. The molecule has 1 unspecified atom stereocenters. The molecule has 1 atom stereocenters. The van der Waals surface area contributed by atoms with Crippen LogP contribution < -0.4 is 0 Å². The van der Waals surface area contributed by atoms with Crippen LogP contribution in [0.5, 0.6) is 0 Å². The Balaban J connectivity index is 2.23. The van der Waals surface area contributed by atoms with Crippen molar-refractivity contribution in [3.63, 3.8) is 0 Å². The SMILES string of the molecule is CC(=O)N1CC(C(C)CO)C1. The minimum absolute atomic E-state index is 0.145. The van der Waals surface area contributed by atoms with Crippen LogP contribution in [0, 0.1) is 11.8 Å². The molecule has 3 nitrogen and oxygen atoms in total. The number of likely N-dealkylation sites (tertiary alicyclic amines) is 1. The van der Waals surface area contributed by atoms with E-state index in [1.165, 1.54) is 0 Å². The molecule has 0 aromatic carbocycles. The van der Waals surface area contributed by atoms with Crippen LogP contribution >= 0.6 is 0 Å². The molecule has 1 rings (SSSR count). The van der Waals surface area contributed by atoms with Crippen molar-refractivity contribution < 1.29 is 9.90 Å². The first-order valence-electron chi connectivity index (χ1n) is 4.01. The molecular formula is C8H15NO2. The van der Waals surface area contributed by atoms with E-state index in [1.807, 2.05) is 6.92 Å². The predicted octanol–water partition coefficient (Wildman–Crippen LogP) is 0.0931. The van der Waals surface area contributed by atoms with E-state index in [4.69, 9.17) is 5.11 Å². The van der Waals surface area contributed by atoms with Gasteiger partial charge in [0.05, 0.1) is 0 Å². The number of aliphatic hydroxyl groups excluding tert-OH is 1. The highest BCUT2D eigenvalue weighted by Crippen LogP contribution is 2.22. The fourth-order valence-corrected chi connectivity index (χ4v) is 1.28. The van der Waals surface area contributed by atoms with Gasteiger partial charge in [0.1, 0.15) is 0 Å². The molecule has 64 valence electrons. The van der Waals surface area contributed by atoms with Crippen molar-refractivity contribution in [1.29, 1.82) is 0 Å². The van der Waals surface area contributed by atoms with E-state index >= 15 is 0 Å². The molecule has 0 radical (unpaired) electrons. The highest BCUT2D eigenvalue weighted by atomic mass is 16.3. The molecule has 0 aromatic rings. The highest BCUT2D eigenvalue weighted by molar-refractivity contribution is 5.74. The van der Waals surface area contributed by atoms with Crippen molar-refractivity contribution in [3.8, 4) is 0 Å². The van der Waals surface area contributed by atoms with Crippen LogP contribution in [0.4, 0.5) is 0 Å². The first kappa shape index (κ1) is 8.53. The minimum atomic E-state index is 0.145. The van der Waals surface area contributed by atoms with Crippen LogP contribution in [0.2, 0.25) is 0 Å². The van der Waals surface area contributed by atoms with Crippen LogP contribution in [-0.2, 0) is 4.79 Å². The summed E-state index contributed by atoms with van der Waals surface area (Å²) < 4.78 is 0. The zero-order valence-electron chi connectivity index (χ0n) is 7.08. The van der Waals surface area contributed by atoms with Gasteiger partial charge in [0.15, 0.2) is 0 Å². The first-order valence-corrected chi connectivity index (χ1v) is 4.01. The molecule has 0 bridgehead atoms. The fourth-order valence-electron chi connectivity index (χ4n) is 1.28. The Morgan fingerprint density at radius 3 is 2.64 bits per heavy atom. The fraction of sp³-hybridized carbons (Fsp3) is 0.875. The lowest BCUT2D eigenvalue weighted by Gasteiger charge is -2.41. The summed E-state index contributed by atoms with van der Waals surface area (Å²) in [6, 6.07) is 0. The summed E-state index contributed by atoms with van der Waals surface area (Å²) in [7, 11) is 0. The Hall–Kier alpha value is -0.570. The van der Waals surface area contributed by atoms with Crippen molar-refractivity contribution in [1.82, 2.24) is 4.90 Å². The second kappa shape index (κ2) is 3.22. The second-order valence-electron chi connectivity index (χ2n) is 3.34. The number of aliphatic hydroxyl groups is 1. The lowest BCUT2D eigenvalue weighted by atomic mass is 9.88. The largest absolute Gasteiger partial charge is 0.396 e. The summed E-state index contributed by atoms with van der Waals surface area (Å²) in [5, 5.41) is 8.79. The van der Waals surface area contributed by atoms with Crippen molar-refractivity contribution in [2.75, 3.05) is 19.7 Å². The quantitative estimate of drug-likeness (QED) is 0.617. The van der Waals surface area contributed by atoms with E-state index < -0.39 is 0 Å². The lowest BCUT2D eigenvalue weighted by molar-refractivity contribution is -0.136. The monoisotopic (exact) mass is 157 g/mol. The molecule has 1 heterocycles. The van der Waals surface area contributed by atoms with E-state index in [-0.39, 0.29) is 12.5 Å². The molecule has 0 spiro atoms. The van der Waals surface area contributed by atoms with E-state index in [0.717, 1.165) is 13.1 Å².